The predicted octanol–water partition coefficient (Wildman–Crippen LogP) is 4.53. The van der Waals surface area contributed by atoms with Crippen molar-refractivity contribution in [2.75, 3.05) is 11.4 Å². The van der Waals surface area contributed by atoms with E-state index in [1.165, 1.54) is 4.31 Å². The fourth-order valence-corrected chi connectivity index (χ4v) is 6.45. The molecule has 35 heavy (non-hydrogen) atoms. The normalized spacial score (nSPS) is 18.3. The van der Waals surface area contributed by atoms with Gasteiger partial charge in [-0.25, -0.2) is 8.42 Å². The molecule has 2 heterocycles. The van der Waals surface area contributed by atoms with Crippen molar-refractivity contribution < 1.29 is 17.9 Å². The first kappa shape index (κ1) is 22.6. The second-order valence-corrected chi connectivity index (χ2v) is 10.2. The highest BCUT2D eigenvalue weighted by molar-refractivity contribution is 7.96. The highest BCUT2D eigenvalue weighted by Gasteiger charge is 2.47. The number of anilines is 1. The monoisotopic (exact) mass is 485 g/mol. The van der Waals surface area contributed by atoms with Gasteiger partial charge in [-0.3, -0.25) is 4.31 Å². The van der Waals surface area contributed by atoms with Gasteiger partial charge in [-0.1, -0.05) is 48.5 Å². The van der Waals surface area contributed by atoms with E-state index < -0.39 is 15.9 Å². The van der Waals surface area contributed by atoms with E-state index in [1.807, 2.05) is 37.3 Å². The number of rotatable bonds is 4. The smallest absolute Gasteiger partial charge is 0.265 e. The molecule has 0 amide bonds. The van der Waals surface area contributed by atoms with Crippen molar-refractivity contribution in [1.29, 1.82) is 5.26 Å². The van der Waals surface area contributed by atoms with Crippen LogP contribution in [0.3, 0.4) is 0 Å². The van der Waals surface area contributed by atoms with Gasteiger partial charge in [-0.15, -0.1) is 0 Å². The van der Waals surface area contributed by atoms with Gasteiger partial charge in [0.05, 0.1) is 25.3 Å². The van der Waals surface area contributed by atoms with Gasteiger partial charge in [-0.05, 0) is 47.9 Å². The quantitative estimate of drug-likeness (QED) is 0.582. The zero-order valence-electron chi connectivity index (χ0n) is 19.2. The molecule has 2 N–H and O–H groups in total. The maximum absolute atomic E-state index is 14.3. The molecule has 3 aromatic carbocycles. The standard InChI is InChI=1S/C27H23N3O4S/c1-17-7-3-4-8-19(17)16-30-23-10-6-5-9-21(23)25-26(35(30,31)32)24(22(15-28)27(29)34-25)18-11-13-20(33-2)14-12-18/h3-14,24H,16,29H2,1-2H3/t24-/m1/s1. The van der Waals surface area contributed by atoms with Crippen LogP contribution in [0.25, 0.3) is 5.76 Å². The van der Waals surface area contributed by atoms with Crippen LogP contribution in [0.4, 0.5) is 5.69 Å². The first-order valence-electron chi connectivity index (χ1n) is 11.0. The van der Waals surface area contributed by atoms with Crippen LogP contribution in [0.2, 0.25) is 0 Å². The van der Waals surface area contributed by atoms with Crippen LogP contribution in [0.5, 0.6) is 5.75 Å². The number of methoxy groups -OCH3 is 1. The predicted molar refractivity (Wildman–Crippen MR) is 133 cm³/mol. The first-order chi connectivity index (χ1) is 16.9. The summed E-state index contributed by atoms with van der Waals surface area (Å²) in [6.07, 6.45) is 0. The molecule has 0 saturated carbocycles. The van der Waals surface area contributed by atoms with Crippen molar-refractivity contribution in [3.8, 4) is 11.8 Å². The Balaban J connectivity index is 1.75. The molecule has 0 spiro atoms. The molecule has 176 valence electrons. The number of nitriles is 1. The fourth-order valence-electron chi connectivity index (χ4n) is 4.55. The van der Waals surface area contributed by atoms with Gasteiger partial charge in [-0.2, -0.15) is 5.26 Å². The number of sulfonamides is 1. The van der Waals surface area contributed by atoms with Crippen molar-refractivity contribution in [3.05, 3.63) is 111 Å². The first-order valence-corrected chi connectivity index (χ1v) is 12.4. The molecule has 2 aliphatic rings. The molecule has 0 unspecified atom stereocenters. The molecular weight excluding hydrogens is 462 g/mol. The van der Waals surface area contributed by atoms with E-state index in [1.54, 1.807) is 49.6 Å². The Morgan fingerprint density at radius 2 is 1.74 bits per heavy atom. The van der Waals surface area contributed by atoms with E-state index in [0.29, 0.717) is 22.6 Å². The minimum Gasteiger partial charge on any atom is -0.497 e. The van der Waals surface area contributed by atoms with Crippen molar-refractivity contribution in [2.24, 2.45) is 5.73 Å². The number of allylic oxidation sites excluding steroid dienone is 2. The van der Waals surface area contributed by atoms with Gasteiger partial charge >= 0.3 is 0 Å². The lowest BCUT2D eigenvalue weighted by molar-refractivity contribution is 0.357. The average Bonchev–Trinajstić information content (AvgIpc) is 2.87. The third-order valence-electron chi connectivity index (χ3n) is 6.38. The molecule has 5 rings (SSSR count). The summed E-state index contributed by atoms with van der Waals surface area (Å²) < 4.78 is 41.1. The van der Waals surface area contributed by atoms with Crippen LogP contribution < -0.4 is 14.8 Å². The Hall–Kier alpha value is -4.22. The van der Waals surface area contributed by atoms with E-state index in [0.717, 1.165) is 11.1 Å². The number of nitrogens with zero attached hydrogens (tertiary/aromatic N) is 2. The molecule has 0 bridgehead atoms. The van der Waals surface area contributed by atoms with Gasteiger partial charge in [0.1, 0.15) is 22.3 Å². The highest BCUT2D eigenvalue weighted by Crippen LogP contribution is 2.51. The van der Waals surface area contributed by atoms with Crippen LogP contribution in [0.15, 0.2) is 89.2 Å². The van der Waals surface area contributed by atoms with Gasteiger partial charge in [0.25, 0.3) is 10.0 Å². The van der Waals surface area contributed by atoms with Crippen LogP contribution in [0.1, 0.15) is 28.2 Å². The number of nitrogens with two attached hydrogens (primary N) is 1. The summed E-state index contributed by atoms with van der Waals surface area (Å²) in [7, 11) is -2.57. The van der Waals surface area contributed by atoms with E-state index in [4.69, 9.17) is 15.2 Å². The van der Waals surface area contributed by atoms with Crippen molar-refractivity contribution in [3.63, 3.8) is 0 Å². The number of benzene rings is 3. The number of para-hydroxylation sites is 1. The van der Waals surface area contributed by atoms with Crippen molar-refractivity contribution in [2.45, 2.75) is 19.4 Å². The highest BCUT2D eigenvalue weighted by atomic mass is 32.2. The van der Waals surface area contributed by atoms with E-state index in [9.17, 15) is 13.7 Å². The lowest BCUT2D eigenvalue weighted by Crippen LogP contribution is -2.39. The van der Waals surface area contributed by atoms with Crippen molar-refractivity contribution in [1.82, 2.24) is 0 Å². The molecule has 7 nitrogen and oxygen atoms in total. The lowest BCUT2D eigenvalue weighted by Gasteiger charge is -2.38. The van der Waals surface area contributed by atoms with Crippen LogP contribution in [-0.2, 0) is 21.3 Å². The summed E-state index contributed by atoms with van der Waals surface area (Å²) in [6.45, 7) is 2.09. The number of aryl methyl sites for hydroxylation is 1. The maximum atomic E-state index is 14.3. The Labute approximate surface area is 204 Å². The Bertz CT molecular complexity index is 1530. The largest absolute Gasteiger partial charge is 0.497 e. The van der Waals surface area contributed by atoms with E-state index in [-0.39, 0.29) is 28.7 Å². The minimum atomic E-state index is -4.12. The molecular formula is C27H23N3O4S. The van der Waals surface area contributed by atoms with Crippen LogP contribution in [0, 0.1) is 18.3 Å². The van der Waals surface area contributed by atoms with Gasteiger partial charge in [0.2, 0.25) is 5.88 Å². The van der Waals surface area contributed by atoms with Crippen molar-refractivity contribution >= 4 is 21.5 Å². The van der Waals surface area contributed by atoms with Crippen LogP contribution in [-0.4, -0.2) is 15.5 Å². The summed E-state index contributed by atoms with van der Waals surface area (Å²) in [4.78, 5) is 0.000649. The third kappa shape index (κ3) is 3.61. The van der Waals surface area contributed by atoms with E-state index in [2.05, 4.69) is 6.07 Å². The maximum Gasteiger partial charge on any atom is 0.265 e. The number of hydrogen-bond acceptors (Lipinski definition) is 6. The second kappa shape index (κ2) is 8.53. The number of fused-ring (bicyclic) bond motifs is 2. The fraction of sp³-hybridized carbons (Fsp3) is 0.148. The molecule has 0 saturated heterocycles. The average molecular weight is 486 g/mol. The Morgan fingerprint density at radius 1 is 1.06 bits per heavy atom. The van der Waals surface area contributed by atoms with Gasteiger partial charge in [0.15, 0.2) is 5.76 Å². The lowest BCUT2D eigenvalue weighted by atomic mass is 9.88. The zero-order valence-corrected chi connectivity index (χ0v) is 20.0. The second-order valence-electron chi connectivity index (χ2n) is 8.35. The van der Waals surface area contributed by atoms with Gasteiger partial charge in [0, 0.05) is 5.56 Å². The molecule has 0 aromatic heterocycles. The molecule has 0 fully saturated rings. The van der Waals surface area contributed by atoms with Crippen LogP contribution >= 0.6 is 0 Å². The summed E-state index contributed by atoms with van der Waals surface area (Å²) in [5.41, 5.74) is 9.77. The molecule has 2 aliphatic heterocycles. The molecule has 1 atom stereocenters. The SMILES string of the molecule is COc1ccc([C@@H]2C(C#N)=C(N)OC3=C2S(=O)(=O)N(Cc2ccccc2C)c2ccccc23)cc1. The summed E-state index contributed by atoms with van der Waals surface area (Å²) in [6, 6.07) is 23.8. The topological polar surface area (TPSA) is 106 Å². The molecule has 0 aliphatic carbocycles. The zero-order chi connectivity index (χ0) is 24.7. The molecule has 3 aromatic rings. The Kier molecular flexibility index (Phi) is 5.50. The molecule has 8 heteroatoms. The third-order valence-corrected chi connectivity index (χ3v) is 8.27. The van der Waals surface area contributed by atoms with E-state index >= 15 is 0 Å². The minimum absolute atomic E-state index is 0.000649. The number of ether oxygens (including phenoxy) is 2. The number of hydrogen-bond donors (Lipinski definition) is 1. The molecule has 0 radical (unpaired) electrons. The summed E-state index contributed by atoms with van der Waals surface area (Å²) >= 11 is 0. The van der Waals surface area contributed by atoms with Gasteiger partial charge < -0.3 is 15.2 Å². The summed E-state index contributed by atoms with van der Waals surface area (Å²) in [5, 5.41) is 9.96. The summed E-state index contributed by atoms with van der Waals surface area (Å²) in [5.74, 6) is -0.265. The Morgan fingerprint density at radius 3 is 2.43 bits per heavy atom.